The minimum absolute atomic E-state index is 0.0834. The van der Waals surface area contributed by atoms with E-state index in [0.717, 1.165) is 44.6 Å². The number of anilines is 3. The summed E-state index contributed by atoms with van der Waals surface area (Å²) in [6.07, 6.45) is 0. The van der Waals surface area contributed by atoms with Gasteiger partial charge in [0.2, 0.25) is 0 Å². The Kier molecular flexibility index (Phi) is 6.98. The van der Waals surface area contributed by atoms with Gasteiger partial charge in [0.25, 0.3) is 0 Å². The van der Waals surface area contributed by atoms with Crippen molar-refractivity contribution in [3.8, 4) is 44.5 Å². The van der Waals surface area contributed by atoms with Crippen molar-refractivity contribution in [3.63, 3.8) is 0 Å². The summed E-state index contributed by atoms with van der Waals surface area (Å²) in [5.41, 5.74) is 20.2. The van der Waals surface area contributed by atoms with Crippen molar-refractivity contribution in [1.82, 2.24) is 0 Å². The number of hydrogen-bond acceptors (Lipinski definition) is 2. The monoisotopic (exact) mass is 719 g/mol. The maximum Gasteiger partial charge on any atom is 0.159 e. The number of para-hydroxylation sites is 2. The van der Waals surface area contributed by atoms with E-state index in [2.05, 4.69) is 209 Å². The van der Waals surface area contributed by atoms with Crippen LogP contribution in [-0.2, 0) is 10.8 Å². The molecule has 0 spiro atoms. The standard InChI is InChI=1S/C54H41NO/c1-53(2)44-26-12-9-21-41(44)50-39(22-14-27-45(50)53)40-23-16-30-49-51(40)42-24-15-29-48(52(42)56-49)55(47-28-13-10-19-36(47)34-17-6-5-7-18-34)35-31-32-38-37-20-8-11-25-43(37)54(3,4)46(38)33-35/h5-33H,1-4H3. The normalized spacial score (nSPS) is 14.4. The van der Waals surface area contributed by atoms with Crippen molar-refractivity contribution in [2.45, 2.75) is 38.5 Å². The number of hydrogen-bond donors (Lipinski definition) is 0. The van der Waals surface area contributed by atoms with Gasteiger partial charge in [-0.15, -0.1) is 0 Å². The number of furan rings is 1. The van der Waals surface area contributed by atoms with Crippen LogP contribution in [0.1, 0.15) is 49.9 Å². The molecule has 1 heterocycles. The molecule has 56 heavy (non-hydrogen) atoms. The molecule has 11 rings (SSSR count). The van der Waals surface area contributed by atoms with E-state index in [9.17, 15) is 0 Å². The number of fused-ring (bicyclic) bond motifs is 9. The summed E-state index contributed by atoms with van der Waals surface area (Å²) in [6, 6.07) is 64.3. The largest absolute Gasteiger partial charge is 0.454 e. The Morgan fingerprint density at radius 2 is 0.982 bits per heavy atom. The second kappa shape index (κ2) is 11.9. The van der Waals surface area contributed by atoms with Gasteiger partial charge in [-0.05, 0) is 91.5 Å². The maximum absolute atomic E-state index is 7.09. The van der Waals surface area contributed by atoms with Crippen LogP contribution >= 0.6 is 0 Å². The predicted molar refractivity (Wildman–Crippen MR) is 234 cm³/mol. The fraction of sp³-hybridized carbons (Fsp3) is 0.111. The zero-order chi connectivity index (χ0) is 37.8. The van der Waals surface area contributed by atoms with Gasteiger partial charge in [-0.1, -0.05) is 173 Å². The van der Waals surface area contributed by atoms with E-state index in [1.54, 1.807) is 0 Å². The van der Waals surface area contributed by atoms with Gasteiger partial charge in [0.15, 0.2) is 5.58 Å². The average molecular weight is 720 g/mol. The van der Waals surface area contributed by atoms with E-state index in [-0.39, 0.29) is 10.8 Å². The van der Waals surface area contributed by atoms with E-state index >= 15 is 0 Å². The van der Waals surface area contributed by atoms with Crippen molar-refractivity contribution < 1.29 is 4.42 Å². The fourth-order valence-electron chi connectivity index (χ4n) is 9.98. The van der Waals surface area contributed by atoms with Crippen molar-refractivity contribution in [2.24, 2.45) is 0 Å². The Morgan fingerprint density at radius 3 is 1.80 bits per heavy atom. The van der Waals surface area contributed by atoms with Gasteiger partial charge in [0, 0.05) is 32.9 Å². The lowest BCUT2D eigenvalue weighted by atomic mass is 9.82. The van der Waals surface area contributed by atoms with Crippen LogP contribution < -0.4 is 4.90 Å². The first-order valence-electron chi connectivity index (χ1n) is 19.7. The summed E-state index contributed by atoms with van der Waals surface area (Å²) in [5.74, 6) is 0. The molecule has 1 aromatic heterocycles. The Bertz CT molecular complexity index is 3030. The third-order valence-corrected chi connectivity index (χ3v) is 12.7. The Hall–Kier alpha value is -6.64. The van der Waals surface area contributed by atoms with Crippen LogP contribution in [0, 0.1) is 0 Å². The summed E-state index contributed by atoms with van der Waals surface area (Å²) in [5, 5.41) is 2.24. The van der Waals surface area contributed by atoms with Gasteiger partial charge in [0.1, 0.15) is 5.58 Å². The molecule has 2 aliphatic carbocycles. The molecule has 8 aromatic carbocycles. The van der Waals surface area contributed by atoms with E-state index in [0.29, 0.717) is 0 Å². The molecule has 0 radical (unpaired) electrons. The first-order valence-corrected chi connectivity index (χ1v) is 19.7. The highest BCUT2D eigenvalue weighted by Gasteiger charge is 2.38. The molecule has 0 bridgehead atoms. The van der Waals surface area contributed by atoms with Gasteiger partial charge < -0.3 is 9.32 Å². The molecule has 0 unspecified atom stereocenters. The average Bonchev–Trinajstić information content (AvgIpc) is 3.82. The second-order valence-electron chi connectivity index (χ2n) is 16.5. The van der Waals surface area contributed by atoms with Gasteiger partial charge in [-0.25, -0.2) is 0 Å². The van der Waals surface area contributed by atoms with Crippen LogP contribution in [-0.4, -0.2) is 0 Å². The molecule has 2 nitrogen and oxygen atoms in total. The van der Waals surface area contributed by atoms with Crippen LogP contribution in [0.4, 0.5) is 17.1 Å². The minimum atomic E-state index is -0.143. The second-order valence-corrected chi connectivity index (χ2v) is 16.5. The molecule has 0 amide bonds. The fourth-order valence-corrected chi connectivity index (χ4v) is 9.98. The van der Waals surface area contributed by atoms with E-state index in [4.69, 9.17) is 4.42 Å². The van der Waals surface area contributed by atoms with E-state index in [1.807, 2.05) is 0 Å². The lowest BCUT2D eigenvalue weighted by Gasteiger charge is -2.29. The highest BCUT2D eigenvalue weighted by molar-refractivity contribution is 6.17. The number of rotatable bonds is 5. The molecule has 2 aliphatic rings. The molecule has 268 valence electrons. The summed E-state index contributed by atoms with van der Waals surface area (Å²) in [6.45, 7) is 9.40. The zero-order valence-electron chi connectivity index (χ0n) is 32.1. The summed E-state index contributed by atoms with van der Waals surface area (Å²) < 4.78 is 7.09. The minimum Gasteiger partial charge on any atom is -0.454 e. The summed E-state index contributed by atoms with van der Waals surface area (Å²) >= 11 is 0. The molecular weight excluding hydrogens is 679 g/mol. The number of benzene rings is 8. The molecule has 2 heteroatoms. The zero-order valence-corrected chi connectivity index (χ0v) is 32.1. The molecular formula is C54H41NO. The van der Waals surface area contributed by atoms with E-state index < -0.39 is 0 Å². The molecule has 0 aliphatic heterocycles. The first-order chi connectivity index (χ1) is 27.3. The highest BCUT2D eigenvalue weighted by atomic mass is 16.3. The van der Waals surface area contributed by atoms with Crippen LogP contribution in [0.5, 0.6) is 0 Å². The van der Waals surface area contributed by atoms with Gasteiger partial charge in [-0.2, -0.15) is 0 Å². The quantitative estimate of drug-likeness (QED) is 0.176. The Balaban J connectivity index is 1.17. The van der Waals surface area contributed by atoms with Crippen LogP contribution in [0.3, 0.4) is 0 Å². The topological polar surface area (TPSA) is 16.4 Å². The third-order valence-electron chi connectivity index (χ3n) is 12.7. The predicted octanol–water partition coefficient (Wildman–Crippen LogP) is 15.0. The first kappa shape index (κ1) is 32.8. The van der Waals surface area contributed by atoms with E-state index in [1.165, 1.54) is 61.2 Å². The molecule has 9 aromatic rings. The van der Waals surface area contributed by atoms with Gasteiger partial charge >= 0.3 is 0 Å². The van der Waals surface area contributed by atoms with Crippen molar-refractivity contribution in [1.29, 1.82) is 0 Å². The molecule has 0 saturated carbocycles. The van der Waals surface area contributed by atoms with Crippen LogP contribution in [0.15, 0.2) is 180 Å². The lowest BCUT2D eigenvalue weighted by molar-refractivity contribution is 0.660. The van der Waals surface area contributed by atoms with Crippen molar-refractivity contribution in [2.75, 3.05) is 4.90 Å². The summed E-state index contributed by atoms with van der Waals surface area (Å²) in [7, 11) is 0. The summed E-state index contributed by atoms with van der Waals surface area (Å²) in [4.78, 5) is 2.42. The molecule has 0 saturated heterocycles. The molecule has 0 fully saturated rings. The van der Waals surface area contributed by atoms with Crippen molar-refractivity contribution in [3.05, 3.63) is 198 Å². The SMILES string of the molecule is CC1(C)c2ccccc2-c2ccc(N(c3ccccc3-c3ccccc3)c3cccc4c3oc3cccc(-c5cccc6c5-c5ccccc5C6(C)C)c34)cc21. The Labute approximate surface area is 328 Å². The number of nitrogens with zero attached hydrogens (tertiary/aromatic N) is 1. The van der Waals surface area contributed by atoms with Gasteiger partial charge in [-0.3, -0.25) is 0 Å². The third kappa shape index (κ3) is 4.56. The molecule has 0 atom stereocenters. The smallest absolute Gasteiger partial charge is 0.159 e. The molecule has 0 N–H and O–H groups in total. The lowest BCUT2D eigenvalue weighted by Crippen LogP contribution is -2.17. The Morgan fingerprint density at radius 1 is 0.411 bits per heavy atom. The highest BCUT2D eigenvalue weighted by Crippen LogP contribution is 2.55. The maximum atomic E-state index is 7.09. The van der Waals surface area contributed by atoms with Gasteiger partial charge in [0.05, 0.1) is 11.4 Å². The van der Waals surface area contributed by atoms with Crippen LogP contribution in [0.25, 0.3) is 66.4 Å². The van der Waals surface area contributed by atoms with Crippen molar-refractivity contribution >= 4 is 39.0 Å². The van der Waals surface area contributed by atoms with Crippen LogP contribution in [0.2, 0.25) is 0 Å².